The van der Waals surface area contributed by atoms with Gasteiger partial charge in [-0.25, -0.2) is 9.97 Å². The first-order valence-corrected chi connectivity index (χ1v) is 16.5. The Morgan fingerprint density at radius 3 is 1.39 bits per heavy atom. The van der Waals surface area contributed by atoms with Gasteiger partial charge in [-0.2, -0.15) is 0 Å². The van der Waals surface area contributed by atoms with Crippen LogP contribution in [0.25, 0.3) is 0 Å². The second-order valence-corrected chi connectivity index (χ2v) is 10.8. The number of nitrogens with one attached hydrogen (secondary N) is 1. The van der Waals surface area contributed by atoms with E-state index in [9.17, 15) is 0 Å². The highest BCUT2D eigenvalue weighted by atomic mass is 35.5. The topological polar surface area (TPSA) is 56.3 Å². The fourth-order valence-electron chi connectivity index (χ4n) is 4.13. The maximum Gasteiger partial charge on any atom is 0.134 e. The fourth-order valence-corrected chi connectivity index (χ4v) is 4.28. The standard InChI is InChI=1S/C18H32ClN3O.C14H30O/c1-2-3-4-10-13-23-14-11-8-6-5-7-9-12-20-18-15-17(19)21-16-22-18;1-3-5-7-9-10-12-14-15-13-11-8-6-4-2/h15-16H,2-14H2,1H3,(H,20,21,22);3-14H2,1-2H3. The summed E-state index contributed by atoms with van der Waals surface area (Å²) in [5, 5.41) is 3.75. The lowest BCUT2D eigenvalue weighted by Crippen LogP contribution is -2.03. The quantitative estimate of drug-likeness (QED) is 0.0863. The van der Waals surface area contributed by atoms with Gasteiger partial charge in [-0.1, -0.05) is 129 Å². The van der Waals surface area contributed by atoms with Gasteiger partial charge in [-0.3, -0.25) is 0 Å². The Kier molecular flexibility index (Phi) is 31.5. The first-order chi connectivity index (χ1) is 18.7. The molecule has 0 bridgehead atoms. The normalized spacial score (nSPS) is 10.8. The van der Waals surface area contributed by atoms with Crippen LogP contribution >= 0.6 is 11.6 Å². The van der Waals surface area contributed by atoms with Crippen LogP contribution in [0.1, 0.15) is 149 Å². The minimum Gasteiger partial charge on any atom is -0.381 e. The molecule has 0 aromatic carbocycles. The average Bonchev–Trinajstić information content (AvgIpc) is 2.92. The number of aromatic nitrogens is 2. The van der Waals surface area contributed by atoms with E-state index in [0.29, 0.717) is 5.15 Å². The van der Waals surface area contributed by atoms with Crippen molar-refractivity contribution in [2.45, 2.75) is 149 Å². The molecule has 0 saturated heterocycles. The molecule has 0 aliphatic carbocycles. The number of unbranched alkanes of at least 4 members (excludes halogenated alkanes) is 16. The van der Waals surface area contributed by atoms with Gasteiger partial charge in [0.2, 0.25) is 0 Å². The molecule has 224 valence electrons. The lowest BCUT2D eigenvalue weighted by atomic mass is 10.1. The maximum absolute atomic E-state index is 5.81. The Morgan fingerprint density at radius 2 is 0.947 bits per heavy atom. The predicted octanol–water partition coefficient (Wildman–Crippen LogP) is 10.4. The highest BCUT2D eigenvalue weighted by Gasteiger charge is 1.97. The first-order valence-electron chi connectivity index (χ1n) is 16.1. The molecule has 38 heavy (non-hydrogen) atoms. The largest absolute Gasteiger partial charge is 0.381 e. The van der Waals surface area contributed by atoms with Gasteiger partial charge in [0.05, 0.1) is 0 Å². The molecule has 5 nitrogen and oxygen atoms in total. The molecule has 0 fully saturated rings. The van der Waals surface area contributed by atoms with Crippen LogP contribution in [0.2, 0.25) is 5.15 Å². The highest BCUT2D eigenvalue weighted by molar-refractivity contribution is 6.29. The molecule has 1 N–H and O–H groups in total. The second kappa shape index (κ2) is 32.3. The summed E-state index contributed by atoms with van der Waals surface area (Å²) in [4.78, 5) is 7.98. The molecule has 1 aromatic heterocycles. The molecule has 6 heteroatoms. The van der Waals surface area contributed by atoms with Crippen molar-refractivity contribution in [2.75, 3.05) is 38.3 Å². The lowest BCUT2D eigenvalue weighted by molar-refractivity contribution is 0.125. The maximum atomic E-state index is 5.81. The summed E-state index contributed by atoms with van der Waals surface area (Å²) in [6, 6.07) is 1.75. The van der Waals surface area contributed by atoms with Gasteiger partial charge >= 0.3 is 0 Å². The van der Waals surface area contributed by atoms with Crippen LogP contribution in [-0.2, 0) is 9.47 Å². The van der Waals surface area contributed by atoms with Crippen molar-refractivity contribution in [3.05, 3.63) is 17.5 Å². The van der Waals surface area contributed by atoms with Gasteiger partial charge in [0.15, 0.2) is 0 Å². The summed E-state index contributed by atoms with van der Waals surface area (Å²) in [6.45, 7) is 11.5. The third-order valence-corrected chi connectivity index (χ3v) is 6.79. The monoisotopic (exact) mass is 555 g/mol. The number of nitrogens with zero attached hydrogens (tertiary/aromatic N) is 2. The van der Waals surface area contributed by atoms with Crippen molar-refractivity contribution in [2.24, 2.45) is 0 Å². The molecule has 0 radical (unpaired) electrons. The second-order valence-electron chi connectivity index (χ2n) is 10.4. The van der Waals surface area contributed by atoms with Crippen molar-refractivity contribution in [3.63, 3.8) is 0 Å². The zero-order chi connectivity index (χ0) is 27.8. The first kappa shape index (κ1) is 37.1. The van der Waals surface area contributed by atoms with Gasteiger partial charge in [-0.15, -0.1) is 0 Å². The fraction of sp³-hybridized carbons (Fsp3) is 0.875. The van der Waals surface area contributed by atoms with Crippen molar-refractivity contribution >= 4 is 17.4 Å². The van der Waals surface area contributed by atoms with E-state index in [1.807, 2.05) is 0 Å². The smallest absolute Gasteiger partial charge is 0.134 e. The van der Waals surface area contributed by atoms with Crippen LogP contribution < -0.4 is 5.32 Å². The molecule has 1 heterocycles. The van der Waals surface area contributed by atoms with E-state index in [1.165, 1.54) is 128 Å². The number of rotatable bonds is 27. The molecule has 0 atom stereocenters. The third kappa shape index (κ3) is 29.6. The van der Waals surface area contributed by atoms with Crippen molar-refractivity contribution in [3.8, 4) is 0 Å². The third-order valence-electron chi connectivity index (χ3n) is 6.58. The summed E-state index contributed by atoms with van der Waals surface area (Å²) >= 11 is 5.81. The van der Waals surface area contributed by atoms with E-state index < -0.39 is 0 Å². The molecule has 0 spiro atoms. The van der Waals surface area contributed by atoms with Crippen molar-refractivity contribution in [1.82, 2.24) is 9.97 Å². The molecule has 0 unspecified atom stereocenters. The van der Waals surface area contributed by atoms with Crippen molar-refractivity contribution < 1.29 is 9.47 Å². The van der Waals surface area contributed by atoms with Crippen LogP contribution in [0, 0.1) is 0 Å². The van der Waals surface area contributed by atoms with E-state index in [4.69, 9.17) is 21.1 Å². The SMILES string of the molecule is CCCCCCCCOCCCCCC.CCCCCCOCCCCCCCCNc1cc(Cl)ncn1. The summed E-state index contributed by atoms with van der Waals surface area (Å²) in [5.74, 6) is 0.807. The number of ether oxygens (including phenoxy) is 2. The average molecular weight is 556 g/mol. The molecule has 1 aromatic rings. The summed E-state index contributed by atoms with van der Waals surface area (Å²) < 4.78 is 11.2. The minimum atomic E-state index is 0.482. The molecule has 0 aliphatic heterocycles. The van der Waals surface area contributed by atoms with E-state index in [1.54, 1.807) is 6.07 Å². The number of hydrogen-bond acceptors (Lipinski definition) is 5. The zero-order valence-corrected chi connectivity index (χ0v) is 26.2. The molecule has 0 aliphatic rings. The number of hydrogen-bond donors (Lipinski definition) is 1. The highest BCUT2D eigenvalue weighted by Crippen LogP contribution is 2.10. The van der Waals surface area contributed by atoms with E-state index >= 15 is 0 Å². The Labute approximate surface area is 241 Å². The molecular formula is C32H62ClN3O2. The van der Waals surface area contributed by atoms with Gasteiger partial charge in [-0.05, 0) is 32.1 Å². The van der Waals surface area contributed by atoms with E-state index in [2.05, 4.69) is 36.1 Å². The van der Waals surface area contributed by atoms with Crippen LogP contribution in [-0.4, -0.2) is 42.9 Å². The lowest BCUT2D eigenvalue weighted by Gasteiger charge is -2.06. The minimum absolute atomic E-state index is 0.482. The summed E-state index contributed by atoms with van der Waals surface area (Å²) in [7, 11) is 0. The summed E-state index contributed by atoms with van der Waals surface area (Å²) in [6.07, 6.45) is 27.6. The van der Waals surface area contributed by atoms with Gasteiger partial charge in [0.1, 0.15) is 17.3 Å². The number of halogens is 1. The van der Waals surface area contributed by atoms with E-state index in [0.717, 1.165) is 45.2 Å². The molecule has 0 amide bonds. The van der Waals surface area contributed by atoms with Crippen molar-refractivity contribution in [1.29, 1.82) is 0 Å². The predicted molar refractivity (Wildman–Crippen MR) is 167 cm³/mol. The summed E-state index contributed by atoms with van der Waals surface area (Å²) in [5.41, 5.74) is 0. The van der Waals surface area contributed by atoms with Crippen LogP contribution in [0.5, 0.6) is 0 Å². The Balaban J connectivity index is 0.000000793. The van der Waals surface area contributed by atoms with Gasteiger partial charge in [0, 0.05) is 39.0 Å². The zero-order valence-electron chi connectivity index (χ0n) is 25.4. The van der Waals surface area contributed by atoms with Gasteiger partial charge < -0.3 is 14.8 Å². The Morgan fingerprint density at radius 1 is 0.553 bits per heavy atom. The van der Waals surface area contributed by atoms with E-state index in [-0.39, 0.29) is 0 Å². The Bertz CT molecular complexity index is 565. The Hall–Kier alpha value is -0.910. The van der Waals surface area contributed by atoms with Crippen LogP contribution in [0.3, 0.4) is 0 Å². The van der Waals surface area contributed by atoms with Gasteiger partial charge in [0.25, 0.3) is 0 Å². The van der Waals surface area contributed by atoms with Crippen LogP contribution in [0.4, 0.5) is 5.82 Å². The molecule has 1 rings (SSSR count). The molecular weight excluding hydrogens is 494 g/mol. The number of anilines is 1. The van der Waals surface area contributed by atoms with Crippen LogP contribution in [0.15, 0.2) is 12.4 Å². The molecule has 0 saturated carbocycles.